The Hall–Kier alpha value is -1.03. The van der Waals surface area contributed by atoms with E-state index < -0.39 is 0 Å². The van der Waals surface area contributed by atoms with Gasteiger partial charge in [-0.3, -0.25) is 4.79 Å². The maximum absolute atomic E-state index is 12.0. The third-order valence-corrected chi connectivity index (χ3v) is 3.48. The molecule has 1 aromatic rings. The van der Waals surface area contributed by atoms with Gasteiger partial charge in [0.05, 0.1) is 12.8 Å². The van der Waals surface area contributed by atoms with Gasteiger partial charge in [0.15, 0.2) is 0 Å². The molecule has 0 aliphatic rings. The van der Waals surface area contributed by atoms with Crippen LogP contribution in [0.4, 0.5) is 5.69 Å². The molecule has 0 aliphatic heterocycles. The van der Waals surface area contributed by atoms with Crippen molar-refractivity contribution in [1.29, 1.82) is 0 Å². The summed E-state index contributed by atoms with van der Waals surface area (Å²) in [6, 6.07) is 5.52. The number of hydrogen-bond acceptors (Lipinski definition) is 2. The van der Waals surface area contributed by atoms with Crippen molar-refractivity contribution in [2.75, 3.05) is 12.4 Å². The molecule has 0 fully saturated rings. The lowest BCUT2D eigenvalue weighted by atomic mass is 10.0. The van der Waals surface area contributed by atoms with Gasteiger partial charge in [-0.1, -0.05) is 13.8 Å². The Morgan fingerprint density at radius 3 is 2.59 bits per heavy atom. The molecular formula is C13H18BrNO2. The molecule has 0 saturated carbocycles. The van der Waals surface area contributed by atoms with Gasteiger partial charge in [0.25, 0.3) is 0 Å². The summed E-state index contributed by atoms with van der Waals surface area (Å²) in [5.41, 5.74) is 0.751. The Labute approximate surface area is 111 Å². The third kappa shape index (κ3) is 3.73. The van der Waals surface area contributed by atoms with Crippen molar-refractivity contribution in [3.8, 4) is 5.75 Å². The highest BCUT2D eigenvalue weighted by molar-refractivity contribution is 9.10. The molecule has 1 rings (SSSR count). The Kier molecular flexibility index (Phi) is 5.48. The van der Waals surface area contributed by atoms with E-state index >= 15 is 0 Å². The molecule has 1 N–H and O–H groups in total. The number of carbonyl (C=O) groups is 1. The molecule has 1 amide bonds. The molecule has 0 atom stereocenters. The second kappa shape index (κ2) is 6.64. The zero-order valence-electron chi connectivity index (χ0n) is 10.4. The van der Waals surface area contributed by atoms with Crippen LogP contribution in [0.2, 0.25) is 0 Å². The minimum atomic E-state index is 0.0592. The number of amides is 1. The molecule has 3 nitrogen and oxygen atoms in total. The first-order valence-corrected chi connectivity index (χ1v) is 6.56. The van der Waals surface area contributed by atoms with E-state index in [0.29, 0.717) is 0 Å². The molecule has 0 saturated heterocycles. The summed E-state index contributed by atoms with van der Waals surface area (Å²) in [6.45, 7) is 4.04. The largest absolute Gasteiger partial charge is 0.497 e. The molecule has 0 radical (unpaired) electrons. The van der Waals surface area contributed by atoms with Gasteiger partial charge in [0.2, 0.25) is 5.91 Å². The van der Waals surface area contributed by atoms with Gasteiger partial charge in [-0.25, -0.2) is 0 Å². The lowest BCUT2D eigenvalue weighted by Gasteiger charge is -2.14. The van der Waals surface area contributed by atoms with Crippen molar-refractivity contribution in [2.24, 2.45) is 5.92 Å². The molecule has 4 heteroatoms. The van der Waals surface area contributed by atoms with Crippen molar-refractivity contribution in [3.63, 3.8) is 0 Å². The third-order valence-electron chi connectivity index (χ3n) is 2.79. The summed E-state index contributed by atoms with van der Waals surface area (Å²) in [5.74, 6) is 0.852. The van der Waals surface area contributed by atoms with Crippen LogP contribution in [-0.2, 0) is 4.79 Å². The average Bonchev–Trinajstić information content (AvgIpc) is 2.33. The summed E-state index contributed by atoms with van der Waals surface area (Å²) in [5, 5.41) is 2.92. The maximum Gasteiger partial charge on any atom is 0.227 e. The van der Waals surface area contributed by atoms with E-state index in [1.54, 1.807) is 7.11 Å². The smallest absolute Gasteiger partial charge is 0.227 e. The molecule has 0 heterocycles. The molecule has 0 aromatic heterocycles. The summed E-state index contributed by atoms with van der Waals surface area (Å²) < 4.78 is 5.99. The van der Waals surface area contributed by atoms with E-state index in [9.17, 15) is 4.79 Å². The second-order valence-electron chi connectivity index (χ2n) is 3.85. The molecule has 1 aromatic carbocycles. The Bertz CT molecular complexity index is 389. The minimum absolute atomic E-state index is 0.0592. The van der Waals surface area contributed by atoms with Crippen LogP contribution < -0.4 is 10.1 Å². The van der Waals surface area contributed by atoms with Crippen molar-refractivity contribution >= 4 is 27.5 Å². The number of carbonyl (C=O) groups excluding carboxylic acids is 1. The Morgan fingerprint density at radius 1 is 1.41 bits per heavy atom. The van der Waals surface area contributed by atoms with Gasteiger partial charge in [-0.2, -0.15) is 0 Å². The van der Waals surface area contributed by atoms with E-state index in [1.807, 2.05) is 32.0 Å². The zero-order valence-corrected chi connectivity index (χ0v) is 12.0. The number of benzene rings is 1. The second-order valence-corrected chi connectivity index (χ2v) is 4.70. The Morgan fingerprint density at radius 2 is 2.06 bits per heavy atom. The van der Waals surface area contributed by atoms with Gasteiger partial charge in [0, 0.05) is 16.5 Å². The first-order chi connectivity index (χ1) is 8.12. The lowest BCUT2D eigenvalue weighted by Crippen LogP contribution is -2.21. The standard InChI is InChI=1S/C13H18BrNO2/c1-4-9(5-2)13(16)15-12-8-10(17-3)6-7-11(12)14/h6-9H,4-5H2,1-3H3,(H,15,16). The molecule has 94 valence electrons. The fourth-order valence-corrected chi connectivity index (χ4v) is 1.97. The Balaban J connectivity index is 2.83. The normalized spacial score (nSPS) is 10.4. The van der Waals surface area contributed by atoms with E-state index in [2.05, 4.69) is 21.2 Å². The highest BCUT2D eigenvalue weighted by Crippen LogP contribution is 2.27. The first-order valence-electron chi connectivity index (χ1n) is 5.76. The van der Waals surface area contributed by atoms with E-state index in [4.69, 9.17) is 4.74 Å². The van der Waals surface area contributed by atoms with Gasteiger partial charge >= 0.3 is 0 Å². The van der Waals surface area contributed by atoms with E-state index in [0.717, 1.165) is 28.8 Å². The number of rotatable bonds is 5. The molecule has 17 heavy (non-hydrogen) atoms. The summed E-state index contributed by atoms with van der Waals surface area (Å²) >= 11 is 3.41. The minimum Gasteiger partial charge on any atom is -0.497 e. The topological polar surface area (TPSA) is 38.3 Å². The van der Waals surface area contributed by atoms with Gasteiger partial charge < -0.3 is 10.1 Å². The maximum atomic E-state index is 12.0. The number of methoxy groups -OCH3 is 1. The number of hydrogen-bond donors (Lipinski definition) is 1. The van der Waals surface area contributed by atoms with Crippen LogP contribution in [0.5, 0.6) is 5.75 Å². The SMILES string of the molecule is CCC(CC)C(=O)Nc1cc(OC)ccc1Br. The monoisotopic (exact) mass is 299 g/mol. The van der Waals surface area contributed by atoms with Gasteiger partial charge in [-0.05, 0) is 40.9 Å². The number of ether oxygens (including phenoxy) is 1. The van der Waals surface area contributed by atoms with Crippen molar-refractivity contribution in [3.05, 3.63) is 22.7 Å². The highest BCUT2D eigenvalue weighted by atomic mass is 79.9. The van der Waals surface area contributed by atoms with Crippen LogP contribution in [0, 0.1) is 5.92 Å². The van der Waals surface area contributed by atoms with Crippen molar-refractivity contribution in [1.82, 2.24) is 0 Å². The number of nitrogens with one attached hydrogen (secondary N) is 1. The van der Waals surface area contributed by atoms with Crippen LogP contribution in [0.15, 0.2) is 22.7 Å². The van der Waals surface area contributed by atoms with Gasteiger partial charge in [0.1, 0.15) is 5.75 Å². The van der Waals surface area contributed by atoms with Crippen LogP contribution in [0.1, 0.15) is 26.7 Å². The van der Waals surface area contributed by atoms with Crippen molar-refractivity contribution < 1.29 is 9.53 Å². The summed E-state index contributed by atoms with van der Waals surface area (Å²) in [4.78, 5) is 12.0. The summed E-state index contributed by atoms with van der Waals surface area (Å²) in [6.07, 6.45) is 1.70. The van der Waals surface area contributed by atoms with Crippen LogP contribution in [0.25, 0.3) is 0 Å². The quantitative estimate of drug-likeness (QED) is 0.897. The molecule has 0 bridgehead atoms. The van der Waals surface area contributed by atoms with Crippen molar-refractivity contribution in [2.45, 2.75) is 26.7 Å². The fourth-order valence-electron chi connectivity index (χ4n) is 1.62. The predicted molar refractivity (Wildman–Crippen MR) is 73.4 cm³/mol. The first kappa shape index (κ1) is 14.0. The lowest BCUT2D eigenvalue weighted by molar-refractivity contribution is -0.120. The molecule has 0 unspecified atom stereocenters. The molecular weight excluding hydrogens is 282 g/mol. The van der Waals surface area contributed by atoms with Crippen LogP contribution in [-0.4, -0.2) is 13.0 Å². The predicted octanol–water partition coefficient (Wildman–Crippen LogP) is 3.83. The van der Waals surface area contributed by atoms with E-state index in [1.165, 1.54) is 0 Å². The van der Waals surface area contributed by atoms with Crippen LogP contribution in [0.3, 0.4) is 0 Å². The molecule has 0 spiro atoms. The molecule has 0 aliphatic carbocycles. The number of anilines is 1. The fraction of sp³-hybridized carbons (Fsp3) is 0.462. The van der Waals surface area contributed by atoms with Gasteiger partial charge in [-0.15, -0.1) is 0 Å². The van der Waals surface area contributed by atoms with E-state index in [-0.39, 0.29) is 11.8 Å². The summed E-state index contributed by atoms with van der Waals surface area (Å²) in [7, 11) is 1.61. The number of halogens is 1. The zero-order chi connectivity index (χ0) is 12.8. The van der Waals surface area contributed by atoms with Crippen LogP contribution >= 0.6 is 15.9 Å². The highest BCUT2D eigenvalue weighted by Gasteiger charge is 2.15. The average molecular weight is 300 g/mol.